The van der Waals surface area contributed by atoms with Gasteiger partial charge in [-0.2, -0.15) is 0 Å². The Hall–Kier alpha value is -1.76. The lowest BCUT2D eigenvalue weighted by Crippen LogP contribution is -2.47. The highest BCUT2D eigenvalue weighted by Gasteiger charge is 2.22. The van der Waals surface area contributed by atoms with Gasteiger partial charge in [0, 0.05) is 50.1 Å². The fourth-order valence-electron chi connectivity index (χ4n) is 2.53. The van der Waals surface area contributed by atoms with Crippen LogP contribution in [0, 0.1) is 0 Å². The van der Waals surface area contributed by atoms with Gasteiger partial charge in [0.25, 0.3) is 0 Å². The lowest BCUT2D eigenvalue weighted by atomic mass is 9.92. The minimum absolute atomic E-state index is 0.0325. The van der Waals surface area contributed by atoms with Gasteiger partial charge in [-0.3, -0.25) is 0 Å². The Kier molecular flexibility index (Phi) is 4.48. The largest absolute Gasteiger partial charge is 0.353 e. The van der Waals surface area contributed by atoms with Crippen molar-refractivity contribution in [3.8, 4) is 0 Å². The van der Waals surface area contributed by atoms with Crippen LogP contribution in [0.5, 0.6) is 0 Å². The van der Waals surface area contributed by atoms with E-state index in [4.69, 9.17) is 0 Å². The minimum atomic E-state index is 0.0325. The standard InChI is InChI=1S/C16H21BrN6/c1-16(2,3)13-8-14(21-11-20-13)22-4-6-23(7-5-22)15-18-9-12(17)10-19-15/h8-11H,4-7H2,1-3H3. The second-order valence-corrected chi connectivity index (χ2v) is 7.60. The summed E-state index contributed by atoms with van der Waals surface area (Å²) in [6.45, 7) is 10.1. The van der Waals surface area contributed by atoms with Crippen LogP contribution < -0.4 is 9.80 Å². The Morgan fingerprint density at radius 3 is 2.13 bits per heavy atom. The van der Waals surface area contributed by atoms with E-state index < -0.39 is 0 Å². The molecule has 0 amide bonds. The van der Waals surface area contributed by atoms with Crippen LogP contribution >= 0.6 is 15.9 Å². The van der Waals surface area contributed by atoms with Crippen LogP contribution in [0.2, 0.25) is 0 Å². The zero-order valence-corrected chi connectivity index (χ0v) is 15.3. The van der Waals surface area contributed by atoms with E-state index in [1.54, 1.807) is 18.7 Å². The molecule has 23 heavy (non-hydrogen) atoms. The average molecular weight is 377 g/mol. The van der Waals surface area contributed by atoms with Gasteiger partial charge in [-0.15, -0.1) is 0 Å². The van der Waals surface area contributed by atoms with E-state index in [0.29, 0.717) is 0 Å². The van der Waals surface area contributed by atoms with Gasteiger partial charge < -0.3 is 9.80 Å². The molecule has 2 aromatic rings. The third-order valence-corrected chi connectivity index (χ3v) is 4.32. The molecule has 122 valence electrons. The van der Waals surface area contributed by atoms with Crippen molar-refractivity contribution in [2.24, 2.45) is 0 Å². The molecule has 1 fully saturated rings. The molecule has 3 rings (SSSR count). The smallest absolute Gasteiger partial charge is 0.225 e. The van der Waals surface area contributed by atoms with E-state index in [-0.39, 0.29) is 5.41 Å². The number of hydrogen-bond donors (Lipinski definition) is 0. The second-order valence-electron chi connectivity index (χ2n) is 6.69. The molecule has 7 heteroatoms. The van der Waals surface area contributed by atoms with Crippen LogP contribution in [-0.2, 0) is 5.41 Å². The molecule has 1 aliphatic heterocycles. The SMILES string of the molecule is CC(C)(C)c1cc(N2CCN(c3ncc(Br)cn3)CC2)ncn1. The molecule has 0 atom stereocenters. The number of nitrogens with zero attached hydrogens (tertiary/aromatic N) is 6. The summed E-state index contributed by atoms with van der Waals surface area (Å²) in [6.07, 6.45) is 5.24. The van der Waals surface area contributed by atoms with Crippen molar-refractivity contribution in [2.45, 2.75) is 26.2 Å². The van der Waals surface area contributed by atoms with E-state index in [1.807, 2.05) is 0 Å². The van der Waals surface area contributed by atoms with Crippen molar-refractivity contribution >= 4 is 27.7 Å². The van der Waals surface area contributed by atoms with E-state index in [9.17, 15) is 0 Å². The van der Waals surface area contributed by atoms with Crippen molar-refractivity contribution < 1.29 is 0 Å². The summed E-state index contributed by atoms with van der Waals surface area (Å²) in [5, 5.41) is 0. The molecule has 2 aromatic heterocycles. The maximum absolute atomic E-state index is 4.44. The summed E-state index contributed by atoms with van der Waals surface area (Å²) < 4.78 is 0.899. The summed E-state index contributed by atoms with van der Waals surface area (Å²) in [5.41, 5.74) is 1.10. The van der Waals surface area contributed by atoms with Crippen LogP contribution in [0.3, 0.4) is 0 Å². The van der Waals surface area contributed by atoms with Crippen molar-refractivity contribution in [1.82, 2.24) is 19.9 Å². The Bertz CT molecular complexity index is 659. The highest BCUT2D eigenvalue weighted by molar-refractivity contribution is 9.10. The van der Waals surface area contributed by atoms with Crippen molar-refractivity contribution in [3.05, 3.63) is 35.0 Å². The molecule has 0 aliphatic carbocycles. The summed E-state index contributed by atoms with van der Waals surface area (Å²) in [6, 6.07) is 2.10. The fraction of sp³-hybridized carbons (Fsp3) is 0.500. The van der Waals surface area contributed by atoms with Crippen LogP contribution in [-0.4, -0.2) is 46.1 Å². The molecule has 0 bridgehead atoms. The van der Waals surface area contributed by atoms with Gasteiger partial charge in [-0.05, 0) is 15.9 Å². The molecule has 0 unspecified atom stereocenters. The topological polar surface area (TPSA) is 58.0 Å². The van der Waals surface area contributed by atoms with Crippen molar-refractivity contribution in [1.29, 1.82) is 0 Å². The van der Waals surface area contributed by atoms with Crippen molar-refractivity contribution in [2.75, 3.05) is 36.0 Å². The fourth-order valence-corrected chi connectivity index (χ4v) is 2.74. The van der Waals surface area contributed by atoms with E-state index in [0.717, 1.165) is 48.1 Å². The van der Waals surface area contributed by atoms with Gasteiger partial charge in [0.15, 0.2) is 0 Å². The first-order valence-corrected chi connectivity index (χ1v) is 8.53. The zero-order chi connectivity index (χ0) is 16.4. The summed E-state index contributed by atoms with van der Waals surface area (Å²) >= 11 is 3.37. The number of rotatable bonds is 2. The van der Waals surface area contributed by atoms with Gasteiger partial charge in [-0.1, -0.05) is 20.8 Å². The zero-order valence-electron chi connectivity index (χ0n) is 13.7. The van der Waals surface area contributed by atoms with Crippen molar-refractivity contribution in [3.63, 3.8) is 0 Å². The lowest BCUT2D eigenvalue weighted by molar-refractivity contribution is 0.564. The Morgan fingerprint density at radius 2 is 1.52 bits per heavy atom. The van der Waals surface area contributed by atoms with Gasteiger partial charge in [0.1, 0.15) is 12.1 Å². The number of hydrogen-bond acceptors (Lipinski definition) is 6. The molecule has 0 aromatic carbocycles. The quantitative estimate of drug-likeness (QED) is 0.802. The molecular formula is C16H21BrN6. The van der Waals surface area contributed by atoms with Gasteiger partial charge in [-0.25, -0.2) is 19.9 Å². The third-order valence-electron chi connectivity index (χ3n) is 3.91. The summed E-state index contributed by atoms with van der Waals surface area (Å²) in [7, 11) is 0. The normalized spacial score (nSPS) is 15.8. The molecule has 1 aliphatic rings. The van der Waals surface area contributed by atoms with Crippen LogP contribution in [0.1, 0.15) is 26.5 Å². The molecule has 0 saturated carbocycles. The van der Waals surface area contributed by atoms with E-state index in [2.05, 4.69) is 72.5 Å². The highest BCUT2D eigenvalue weighted by Crippen LogP contribution is 2.23. The lowest BCUT2D eigenvalue weighted by Gasteiger charge is -2.35. The average Bonchev–Trinajstić information content (AvgIpc) is 2.55. The first-order chi connectivity index (χ1) is 10.9. The Labute approximate surface area is 145 Å². The summed E-state index contributed by atoms with van der Waals surface area (Å²) in [5.74, 6) is 1.78. The Balaban J connectivity index is 1.68. The predicted molar refractivity (Wildman–Crippen MR) is 94.9 cm³/mol. The maximum atomic E-state index is 4.44. The first kappa shape index (κ1) is 16.1. The monoisotopic (exact) mass is 376 g/mol. The Morgan fingerprint density at radius 1 is 0.913 bits per heavy atom. The maximum Gasteiger partial charge on any atom is 0.225 e. The van der Waals surface area contributed by atoms with Gasteiger partial charge in [0.2, 0.25) is 5.95 Å². The van der Waals surface area contributed by atoms with Gasteiger partial charge >= 0.3 is 0 Å². The predicted octanol–water partition coefficient (Wildman–Crippen LogP) is 2.65. The molecule has 0 radical (unpaired) electrons. The minimum Gasteiger partial charge on any atom is -0.353 e. The molecule has 6 nitrogen and oxygen atoms in total. The number of halogens is 1. The number of piperazine rings is 1. The van der Waals surface area contributed by atoms with Crippen LogP contribution in [0.25, 0.3) is 0 Å². The van der Waals surface area contributed by atoms with E-state index >= 15 is 0 Å². The first-order valence-electron chi connectivity index (χ1n) is 7.73. The van der Waals surface area contributed by atoms with E-state index in [1.165, 1.54) is 0 Å². The van der Waals surface area contributed by atoms with Gasteiger partial charge in [0.05, 0.1) is 10.2 Å². The third kappa shape index (κ3) is 3.77. The second kappa shape index (κ2) is 6.39. The highest BCUT2D eigenvalue weighted by atomic mass is 79.9. The molecule has 0 spiro atoms. The van der Waals surface area contributed by atoms with Crippen LogP contribution in [0.15, 0.2) is 29.3 Å². The number of aromatic nitrogens is 4. The summed E-state index contributed by atoms with van der Waals surface area (Å²) in [4.78, 5) is 22.1. The molecule has 0 N–H and O–H groups in total. The molecule has 1 saturated heterocycles. The van der Waals surface area contributed by atoms with Crippen LogP contribution in [0.4, 0.5) is 11.8 Å². The number of anilines is 2. The molecular weight excluding hydrogens is 356 g/mol. The molecule has 3 heterocycles.